The van der Waals surface area contributed by atoms with Crippen LogP contribution in [-0.2, 0) is 0 Å². The molecule has 1 aliphatic rings. The first-order valence-electron chi connectivity index (χ1n) is 5.03. The fourth-order valence-electron chi connectivity index (χ4n) is 2.04. The molecular weight excluding hydrogens is 150 g/mol. The summed E-state index contributed by atoms with van der Waals surface area (Å²) < 4.78 is 0. The number of nitrogens with zero attached hydrogens (tertiary/aromatic N) is 1. The molecule has 2 heteroatoms. The van der Waals surface area contributed by atoms with Crippen LogP contribution >= 0.6 is 0 Å². The van der Waals surface area contributed by atoms with Crippen LogP contribution in [0.1, 0.15) is 33.6 Å². The zero-order valence-electron chi connectivity index (χ0n) is 8.45. The van der Waals surface area contributed by atoms with Crippen LogP contribution in [0.5, 0.6) is 0 Å². The second-order valence-corrected chi connectivity index (χ2v) is 4.20. The van der Waals surface area contributed by atoms with Gasteiger partial charge in [-0.25, -0.2) is 0 Å². The Balaban J connectivity index is 2.41. The van der Waals surface area contributed by atoms with Crippen molar-refractivity contribution in [1.82, 2.24) is 4.90 Å². The van der Waals surface area contributed by atoms with Gasteiger partial charge in [0.1, 0.15) is 0 Å². The third kappa shape index (κ3) is 1.99. The number of aliphatic hydroxyl groups excluding tert-OH is 1. The van der Waals surface area contributed by atoms with Gasteiger partial charge in [-0.15, -0.1) is 0 Å². The molecule has 0 aliphatic carbocycles. The van der Waals surface area contributed by atoms with Gasteiger partial charge in [0.15, 0.2) is 0 Å². The Morgan fingerprint density at radius 2 is 2.17 bits per heavy atom. The van der Waals surface area contributed by atoms with Crippen LogP contribution in [0.25, 0.3) is 0 Å². The predicted octanol–water partition coefficient (Wildman–Crippen LogP) is 1.49. The lowest BCUT2D eigenvalue weighted by Gasteiger charge is -2.46. The van der Waals surface area contributed by atoms with Gasteiger partial charge in [0.25, 0.3) is 0 Å². The average molecular weight is 171 g/mol. The second kappa shape index (κ2) is 4.24. The van der Waals surface area contributed by atoms with Gasteiger partial charge in [0, 0.05) is 25.2 Å². The van der Waals surface area contributed by atoms with Gasteiger partial charge in [-0.1, -0.05) is 13.8 Å². The van der Waals surface area contributed by atoms with Crippen molar-refractivity contribution < 1.29 is 5.11 Å². The molecule has 0 aromatic carbocycles. The Bertz CT molecular complexity index is 136. The van der Waals surface area contributed by atoms with Crippen LogP contribution < -0.4 is 0 Å². The number of hydrogen-bond donors (Lipinski definition) is 1. The normalized spacial score (nSPS) is 27.2. The molecule has 1 fully saturated rings. The monoisotopic (exact) mass is 171 g/mol. The average Bonchev–Trinajstić information content (AvgIpc) is 2.01. The minimum Gasteiger partial charge on any atom is -0.396 e. The molecule has 0 radical (unpaired) electrons. The third-order valence-corrected chi connectivity index (χ3v) is 2.99. The first-order chi connectivity index (χ1) is 5.66. The Labute approximate surface area is 75.6 Å². The van der Waals surface area contributed by atoms with E-state index in [9.17, 15) is 0 Å². The zero-order chi connectivity index (χ0) is 9.14. The van der Waals surface area contributed by atoms with Gasteiger partial charge >= 0.3 is 0 Å². The van der Waals surface area contributed by atoms with E-state index in [4.69, 9.17) is 5.11 Å². The highest BCUT2D eigenvalue weighted by molar-refractivity contribution is 4.86. The SMILES string of the molecule is CC(C)C(CCO)N1CCC1C. The molecule has 0 spiro atoms. The summed E-state index contributed by atoms with van der Waals surface area (Å²) in [6.07, 6.45) is 2.26. The van der Waals surface area contributed by atoms with E-state index < -0.39 is 0 Å². The molecule has 0 aromatic rings. The Morgan fingerprint density at radius 3 is 2.42 bits per heavy atom. The van der Waals surface area contributed by atoms with E-state index >= 15 is 0 Å². The van der Waals surface area contributed by atoms with Crippen molar-refractivity contribution in [2.75, 3.05) is 13.2 Å². The maximum absolute atomic E-state index is 8.91. The highest BCUT2D eigenvalue weighted by Crippen LogP contribution is 2.25. The van der Waals surface area contributed by atoms with Crippen LogP contribution in [0, 0.1) is 5.92 Å². The molecule has 72 valence electrons. The van der Waals surface area contributed by atoms with E-state index in [0.29, 0.717) is 18.6 Å². The van der Waals surface area contributed by atoms with Crippen molar-refractivity contribution >= 4 is 0 Å². The maximum atomic E-state index is 8.91. The molecule has 1 N–H and O–H groups in total. The lowest BCUT2D eigenvalue weighted by Crippen LogP contribution is -2.53. The smallest absolute Gasteiger partial charge is 0.0446 e. The van der Waals surface area contributed by atoms with Gasteiger partial charge in [0.2, 0.25) is 0 Å². The summed E-state index contributed by atoms with van der Waals surface area (Å²) in [7, 11) is 0. The molecule has 0 amide bonds. The Kier molecular flexibility index (Phi) is 3.53. The lowest BCUT2D eigenvalue weighted by molar-refractivity contribution is 0.0179. The summed E-state index contributed by atoms with van der Waals surface area (Å²) in [6.45, 7) is 8.31. The van der Waals surface area contributed by atoms with Gasteiger partial charge in [-0.05, 0) is 25.7 Å². The summed E-state index contributed by atoms with van der Waals surface area (Å²) in [5, 5.41) is 8.91. The zero-order valence-corrected chi connectivity index (χ0v) is 8.45. The highest BCUT2D eigenvalue weighted by Gasteiger charge is 2.31. The van der Waals surface area contributed by atoms with E-state index in [2.05, 4.69) is 25.7 Å². The van der Waals surface area contributed by atoms with Gasteiger partial charge in [-0.2, -0.15) is 0 Å². The number of hydrogen-bond acceptors (Lipinski definition) is 2. The van der Waals surface area contributed by atoms with Crippen LogP contribution in [0.15, 0.2) is 0 Å². The van der Waals surface area contributed by atoms with E-state index in [-0.39, 0.29) is 0 Å². The van der Waals surface area contributed by atoms with E-state index in [1.54, 1.807) is 0 Å². The second-order valence-electron chi connectivity index (χ2n) is 4.20. The first-order valence-corrected chi connectivity index (χ1v) is 5.03. The van der Waals surface area contributed by atoms with Crippen molar-refractivity contribution in [3.05, 3.63) is 0 Å². The third-order valence-electron chi connectivity index (χ3n) is 2.99. The summed E-state index contributed by atoms with van der Waals surface area (Å²) >= 11 is 0. The van der Waals surface area contributed by atoms with Crippen LogP contribution in [0.3, 0.4) is 0 Å². The fraction of sp³-hybridized carbons (Fsp3) is 1.00. The van der Waals surface area contributed by atoms with Crippen LogP contribution in [0.2, 0.25) is 0 Å². The largest absolute Gasteiger partial charge is 0.396 e. The summed E-state index contributed by atoms with van der Waals surface area (Å²) in [5.74, 6) is 0.667. The van der Waals surface area contributed by atoms with Crippen molar-refractivity contribution in [3.8, 4) is 0 Å². The quantitative estimate of drug-likeness (QED) is 0.692. The molecule has 1 heterocycles. The number of likely N-dealkylation sites (tertiary alicyclic amines) is 1. The standard InChI is InChI=1S/C10H21NO/c1-8(2)10(5-7-12)11-6-4-9(11)3/h8-10,12H,4-7H2,1-3H3. The van der Waals surface area contributed by atoms with Crippen LogP contribution in [-0.4, -0.2) is 35.2 Å². The molecule has 2 nitrogen and oxygen atoms in total. The number of aliphatic hydroxyl groups is 1. The highest BCUT2D eigenvalue weighted by atomic mass is 16.3. The topological polar surface area (TPSA) is 23.5 Å². The van der Waals surface area contributed by atoms with Gasteiger partial charge in [0.05, 0.1) is 0 Å². The minimum atomic E-state index is 0.325. The molecule has 0 saturated carbocycles. The summed E-state index contributed by atoms with van der Waals surface area (Å²) in [5.41, 5.74) is 0. The molecule has 12 heavy (non-hydrogen) atoms. The van der Waals surface area contributed by atoms with Crippen molar-refractivity contribution in [2.24, 2.45) is 5.92 Å². The van der Waals surface area contributed by atoms with Crippen molar-refractivity contribution in [2.45, 2.75) is 45.7 Å². The van der Waals surface area contributed by atoms with Gasteiger partial charge in [-0.3, -0.25) is 4.90 Å². The molecular formula is C10H21NO. The molecule has 2 atom stereocenters. The fourth-order valence-corrected chi connectivity index (χ4v) is 2.04. The number of rotatable bonds is 4. The minimum absolute atomic E-state index is 0.325. The molecule has 0 aromatic heterocycles. The Morgan fingerprint density at radius 1 is 1.50 bits per heavy atom. The molecule has 2 unspecified atom stereocenters. The molecule has 0 bridgehead atoms. The van der Waals surface area contributed by atoms with Crippen LogP contribution in [0.4, 0.5) is 0 Å². The molecule has 1 rings (SSSR count). The first kappa shape index (κ1) is 10.0. The maximum Gasteiger partial charge on any atom is 0.0446 e. The van der Waals surface area contributed by atoms with Gasteiger partial charge < -0.3 is 5.11 Å². The predicted molar refractivity (Wildman–Crippen MR) is 51.1 cm³/mol. The van der Waals surface area contributed by atoms with E-state index in [1.807, 2.05) is 0 Å². The summed E-state index contributed by atoms with van der Waals surface area (Å²) in [6, 6.07) is 1.34. The van der Waals surface area contributed by atoms with Crippen molar-refractivity contribution in [3.63, 3.8) is 0 Å². The van der Waals surface area contributed by atoms with E-state index in [1.165, 1.54) is 13.0 Å². The lowest BCUT2D eigenvalue weighted by atomic mass is 9.92. The Hall–Kier alpha value is -0.0800. The summed E-state index contributed by atoms with van der Waals surface area (Å²) in [4.78, 5) is 2.51. The molecule has 1 saturated heterocycles. The molecule has 1 aliphatic heterocycles. The van der Waals surface area contributed by atoms with E-state index in [0.717, 1.165) is 12.5 Å². The van der Waals surface area contributed by atoms with Crippen molar-refractivity contribution in [1.29, 1.82) is 0 Å².